The SMILES string of the molecule is CC(C)NCc1cccc(Br)c1.Cl. The third-order valence-corrected chi connectivity index (χ3v) is 2.10. The van der Waals surface area contributed by atoms with Crippen LogP contribution >= 0.6 is 28.3 Å². The van der Waals surface area contributed by atoms with Crippen LogP contribution in [0, 0.1) is 0 Å². The first-order valence-corrected chi connectivity index (χ1v) is 4.95. The highest BCUT2D eigenvalue weighted by molar-refractivity contribution is 9.10. The Kier molecular flexibility index (Phi) is 6.39. The molecule has 1 aromatic rings. The van der Waals surface area contributed by atoms with Crippen molar-refractivity contribution in [3.63, 3.8) is 0 Å². The van der Waals surface area contributed by atoms with Gasteiger partial charge >= 0.3 is 0 Å². The van der Waals surface area contributed by atoms with Crippen LogP contribution in [0.2, 0.25) is 0 Å². The fraction of sp³-hybridized carbons (Fsp3) is 0.400. The van der Waals surface area contributed by atoms with E-state index in [4.69, 9.17) is 0 Å². The second-order valence-corrected chi connectivity index (χ2v) is 4.08. The van der Waals surface area contributed by atoms with Gasteiger partial charge in [0.15, 0.2) is 0 Å². The molecule has 13 heavy (non-hydrogen) atoms. The second-order valence-electron chi connectivity index (χ2n) is 3.17. The summed E-state index contributed by atoms with van der Waals surface area (Å²) in [4.78, 5) is 0. The Hall–Kier alpha value is -0.0500. The molecular weight excluding hydrogens is 249 g/mol. The summed E-state index contributed by atoms with van der Waals surface area (Å²) in [6, 6.07) is 8.90. The summed E-state index contributed by atoms with van der Waals surface area (Å²) >= 11 is 3.44. The maximum Gasteiger partial charge on any atom is 0.0208 e. The topological polar surface area (TPSA) is 12.0 Å². The zero-order valence-corrected chi connectivity index (χ0v) is 10.3. The summed E-state index contributed by atoms with van der Waals surface area (Å²) in [6.07, 6.45) is 0. The van der Waals surface area contributed by atoms with Gasteiger partial charge in [0.2, 0.25) is 0 Å². The monoisotopic (exact) mass is 263 g/mol. The van der Waals surface area contributed by atoms with Crippen LogP contribution in [0.5, 0.6) is 0 Å². The quantitative estimate of drug-likeness (QED) is 0.883. The molecule has 0 saturated heterocycles. The standard InChI is InChI=1S/C10H14BrN.ClH/c1-8(2)12-7-9-4-3-5-10(11)6-9;/h3-6,8,12H,7H2,1-2H3;1H. The lowest BCUT2D eigenvalue weighted by molar-refractivity contribution is 0.589. The van der Waals surface area contributed by atoms with E-state index >= 15 is 0 Å². The molecule has 3 heteroatoms. The first kappa shape index (κ1) is 12.9. The number of hydrogen-bond donors (Lipinski definition) is 1. The molecule has 1 N–H and O–H groups in total. The molecule has 1 nitrogen and oxygen atoms in total. The van der Waals surface area contributed by atoms with Crippen molar-refractivity contribution in [1.82, 2.24) is 5.32 Å². The van der Waals surface area contributed by atoms with Gasteiger partial charge in [-0.25, -0.2) is 0 Å². The van der Waals surface area contributed by atoms with Gasteiger partial charge in [0, 0.05) is 17.1 Å². The van der Waals surface area contributed by atoms with Gasteiger partial charge < -0.3 is 5.32 Å². The Bertz CT molecular complexity index is 250. The summed E-state index contributed by atoms with van der Waals surface area (Å²) in [5.41, 5.74) is 1.32. The first-order valence-electron chi connectivity index (χ1n) is 4.16. The van der Waals surface area contributed by atoms with Gasteiger partial charge in [-0.1, -0.05) is 41.9 Å². The third-order valence-electron chi connectivity index (χ3n) is 1.60. The maximum atomic E-state index is 3.44. The highest BCUT2D eigenvalue weighted by Crippen LogP contribution is 2.11. The summed E-state index contributed by atoms with van der Waals surface area (Å²) in [5.74, 6) is 0. The lowest BCUT2D eigenvalue weighted by atomic mass is 10.2. The lowest BCUT2D eigenvalue weighted by Crippen LogP contribution is -2.21. The second kappa shape index (κ2) is 6.41. The average molecular weight is 265 g/mol. The van der Waals surface area contributed by atoms with Crippen LogP contribution in [0.3, 0.4) is 0 Å². The summed E-state index contributed by atoms with van der Waals surface area (Å²) in [7, 11) is 0. The van der Waals surface area contributed by atoms with Crippen molar-refractivity contribution in [3.05, 3.63) is 34.3 Å². The summed E-state index contributed by atoms with van der Waals surface area (Å²) in [5, 5.41) is 3.37. The van der Waals surface area contributed by atoms with Crippen molar-refractivity contribution >= 4 is 28.3 Å². The molecule has 74 valence electrons. The Morgan fingerprint density at radius 2 is 2.08 bits per heavy atom. The molecule has 0 aliphatic heterocycles. The molecule has 0 bridgehead atoms. The van der Waals surface area contributed by atoms with E-state index in [1.165, 1.54) is 5.56 Å². The number of hydrogen-bond acceptors (Lipinski definition) is 1. The Morgan fingerprint density at radius 3 is 2.62 bits per heavy atom. The van der Waals surface area contributed by atoms with Crippen molar-refractivity contribution in [2.75, 3.05) is 0 Å². The molecule has 0 atom stereocenters. The minimum absolute atomic E-state index is 0. The van der Waals surface area contributed by atoms with Crippen LogP contribution in [0.1, 0.15) is 19.4 Å². The molecule has 0 radical (unpaired) electrons. The molecule has 0 aromatic heterocycles. The fourth-order valence-electron chi connectivity index (χ4n) is 0.969. The summed E-state index contributed by atoms with van der Waals surface area (Å²) in [6.45, 7) is 5.24. The molecule has 1 aromatic carbocycles. The normalized spacial score (nSPS) is 9.85. The van der Waals surface area contributed by atoms with E-state index in [9.17, 15) is 0 Å². The van der Waals surface area contributed by atoms with Crippen LogP contribution in [-0.2, 0) is 6.54 Å². The molecule has 0 saturated carbocycles. The van der Waals surface area contributed by atoms with Gasteiger partial charge in [0.25, 0.3) is 0 Å². The van der Waals surface area contributed by atoms with Crippen molar-refractivity contribution < 1.29 is 0 Å². The van der Waals surface area contributed by atoms with E-state index in [2.05, 4.69) is 53.3 Å². The fourth-order valence-corrected chi connectivity index (χ4v) is 1.42. The molecule has 0 amide bonds. The number of nitrogens with one attached hydrogen (secondary N) is 1. The first-order chi connectivity index (χ1) is 5.68. The van der Waals surface area contributed by atoms with Crippen LogP contribution in [0.25, 0.3) is 0 Å². The zero-order chi connectivity index (χ0) is 8.97. The third kappa shape index (κ3) is 5.29. The molecule has 0 aliphatic rings. The van der Waals surface area contributed by atoms with E-state index in [-0.39, 0.29) is 12.4 Å². The largest absolute Gasteiger partial charge is 0.310 e. The molecule has 0 fully saturated rings. The number of halogens is 2. The molecule has 1 rings (SSSR count). The van der Waals surface area contributed by atoms with Crippen LogP contribution in [0.15, 0.2) is 28.7 Å². The molecule has 0 unspecified atom stereocenters. The van der Waals surface area contributed by atoms with Gasteiger partial charge in [-0.2, -0.15) is 0 Å². The van der Waals surface area contributed by atoms with Gasteiger partial charge in [0.05, 0.1) is 0 Å². The van der Waals surface area contributed by atoms with Gasteiger partial charge in [-0.05, 0) is 17.7 Å². The van der Waals surface area contributed by atoms with Gasteiger partial charge in [-0.3, -0.25) is 0 Å². The van der Waals surface area contributed by atoms with Crippen molar-refractivity contribution in [3.8, 4) is 0 Å². The van der Waals surface area contributed by atoms with Gasteiger partial charge in [-0.15, -0.1) is 12.4 Å². The minimum Gasteiger partial charge on any atom is -0.310 e. The van der Waals surface area contributed by atoms with Gasteiger partial charge in [0.1, 0.15) is 0 Å². The molecule has 0 aliphatic carbocycles. The Balaban J connectivity index is 0.00000144. The van der Waals surface area contributed by atoms with Crippen LogP contribution < -0.4 is 5.32 Å². The molecular formula is C10H15BrClN. The van der Waals surface area contributed by atoms with Crippen molar-refractivity contribution in [2.45, 2.75) is 26.4 Å². The average Bonchev–Trinajstić information content (AvgIpc) is 2.01. The van der Waals surface area contributed by atoms with Crippen molar-refractivity contribution in [1.29, 1.82) is 0 Å². The lowest BCUT2D eigenvalue weighted by Gasteiger charge is -2.07. The molecule has 0 spiro atoms. The van der Waals surface area contributed by atoms with E-state index in [0.29, 0.717) is 6.04 Å². The minimum atomic E-state index is 0. The predicted octanol–water partition coefficient (Wildman–Crippen LogP) is 3.37. The Morgan fingerprint density at radius 1 is 1.38 bits per heavy atom. The van der Waals surface area contributed by atoms with Crippen LogP contribution in [-0.4, -0.2) is 6.04 Å². The van der Waals surface area contributed by atoms with E-state index in [1.54, 1.807) is 0 Å². The zero-order valence-electron chi connectivity index (χ0n) is 7.88. The molecule has 0 heterocycles. The van der Waals surface area contributed by atoms with E-state index in [1.807, 2.05) is 6.07 Å². The van der Waals surface area contributed by atoms with Crippen molar-refractivity contribution in [2.24, 2.45) is 0 Å². The summed E-state index contributed by atoms with van der Waals surface area (Å²) < 4.78 is 1.14. The highest BCUT2D eigenvalue weighted by Gasteiger charge is 1.94. The van der Waals surface area contributed by atoms with Crippen LogP contribution in [0.4, 0.5) is 0 Å². The Labute approximate surface area is 94.5 Å². The predicted molar refractivity (Wildman–Crippen MR) is 63.4 cm³/mol. The van der Waals surface area contributed by atoms with E-state index in [0.717, 1.165) is 11.0 Å². The number of rotatable bonds is 3. The van der Waals surface area contributed by atoms with E-state index < -0.39 is 0 Å². The maximum absolute atomic E-state index is 3.44. The number of benzene rings is 1. The smallest absolute Gasteiger partial charge is 0.0208 e. The highest BCUT2D eigenvalue weighted by atomic mass is 79.9.